The fourth-order valence-electron chi connectivity index (χ4n) is 2.87. The second-order valence-corrected chi connectivity index (χ2v) is 8.71. The summed E-state index contributed by atoms with van der Waals surface area (Å²) in [6.45, 7) is 4.41. The van der Waals surface area contributed by atoms with E-state index in [1.165, 1.54) is 0 Å². The second kappa shape index (κ2) is 7.33. The van der Waals surface area contributed by atoms with Gasteiger partial charge in [0.1, 0.15) is 5.82 Å². The predicted molar refractivity (Wildman–Crippen MR) is 106 cm³/mol. The van der Waals surface area contributed by atoms with Crippen molar-refractivity contribution in [1.29, 1.82) is 0 Å². The molecule has 0 aliphatic heterocycles. The van der Waals surface area contributed by atoms with Crippen molar-refractivity contribution in [3.8, 4) is 5.82 Å². The lowest BCUT2D eigenvalue weighted by Gasteiger charge is -2.09. The lowest BCUT2D eigenvalue weighted by Crippen LogP contribution is -2.25. The Bertz CT molecular complexity index is 1090. The maximum absolute atomic E-state index is 12.2. The highest BCUT2D eigenvalue weighted by Gasteiger charge is 2.27. The van der Waals surface area contributed by atoms with Crippen molar-refractivity contribution in [2.24, 2.45) is 0 Å². The molecule has 1 fully saturated rings. The van der Waals surface area contributed by atoms with Gasteiger partial charge in [0.15, 0.2) is 5.82 Å². The van der Waals surface area contributed by atoms with Crippen LogP contribution in [0.3, 0.4) is 0 Å². The van der Waals surface area contributed by atoms with Crippen molar-refractivity contribution in [2.75, 3.05) is 5.32 Å². The van der Waals surface area contributed by atoms with Gasteiger partial charge in [-0.2, -0.15) is 5.10 Å². The summed E-state index contributed by atoms with van der Waals surface area (Å²) in [4.78, 5) is 9.07. The third-order valence-electron chi connectivity index (χ3n) is 4.45. The first-order valence-electron chi connectivity index (χ1n) is 9.11. The molecule has 0 spiro atoms. The highest BCUT2D eigenvalue weighted by Crippen LogP contribution is 2.22. The van der Waals surface area contributed by atoms with Gasteiger partial charge in [-0.25, -0.2) is 22.8 Å². The summed E-state index contributed by atoms with van der Waals surface area (Å²) in [6.07, 6.45) is 5.14. The van der Waals surface area contributed by atoms with E-state index in [-0.39, 0.29) is 10.9 Å². The van der Waals surface area contributed by atoms with Crippen LogP contribution in [-0.4, -0.2) is 34.2 Å². The van der Waals surface area contributed by atoms with Gasteiger partial charge < -0.3 is 5.32 Å². The molecule has 4 rings (SSSR count). The van der Waals surface area contributed by atoms with Gasteiger partial charge in [0, 0.05) is 18.3 Å². The molecule has 2 N–H and O–H groups in total. The van der Waals surface area contributed by atoms with Crippen LogP contribution in [0.4, 0.5) is 5.82 Å². The van der Waals surface area contributed by atoms with Gasteiger partial charge in [0.2, 0.25) is 10.0 Å². The minimum Gasteiger partial charge on any atom is -0.365 e. The van der Waals surface area contributed by atoms with E-state index in [0.717, 1.165) is 29.8 Å². The number of aromatic nitrogens is 4. The number of nitrogens with zero attached hydrogens (tertiary/aromatic N) is 4. The number of anilines is 1. The Morgan fingerprint density at radius 3 is 2.54 bits per heavy atom. The van der Waals surface area contributed by atoms with E-state index in [9.17, 15) is 8.42 Å². The monoisotopic (exact) mass is 398 g/mol. The minimum absolute atomic E-state index is 0.0967. The molecule has 1 saturated carbocycles. The Labute approximate surface area is 164 Å². The SMILES string of the molecule is Cc1cc(C)n(-c2cncc(NCc3ccc(S(=O)(=O)NC4CC4)cc3)n2)n1. The van der Waals surface area contributed by atoms with E-state index in [1.54, 1.807) is 41.3 Å². The van der Waals surface area contributed by atoms with Crippen LogP contribution in [0.5, 0.6) is 0 Å². The fraction of sp³-hybridized carbons (Fsp3) is 0.316. The Morgan fingerprint density at radius 2 is 1.89 bits per heavy atom. The molecule has 1 aromatic carbocycles. The van der Waals surface area contributed by atoms with E-state index in [2.05, 4.69) is 25.1 Å². The summed E-state index contributed by atoms with van der Waals surface area (Å²) in [5.41, 5.74) is 2.85. The first-order valence-corrected chi connectivity index (χ1v) is 10.6. The van der Waals surface area contributed by atoms with Gasteiger partial charge >= 0.3 is 0 Å². The molecule has 2 heterocycles. The number of aryl methyl sites for hydroxylation is 2. The first kappa shape index (κ1) is 18.6. The highest BCUT2D eigenvalue weighted by atomic mass is 32.2. The summed E-state index contributed by atoms with van der Waals surface area (Å²) in [5.74, 6) is 1.26. The van der Waals surface area contributed by atoms with Crippen LogP contribution < -0.4 is 10.0 Å². The number of hydrogen-bond acceptors (Lipinski definition) is 6. The average Bonchev–Trinajstić information content (AvgIpc) is 3.41. The number of rotatable bonds is 7. The van der Waals surface area contributed by atoms with Gasteiger partial charge in [-0.3, -0.25) is 4.98 Å². The summed E-state index contributed by atoms with van der Waals surface area (Å²) >= 11 is 0. The average molecular weight is 398 g/mol. The van der Waals surface area contributed by atoms with Crippen molar-refractivity contribution in [3.63, 3.8) is 0 Å². The molecule has 0 unspecified atom stereocenters. The van der Waals surface area contributed by atoms with Crippen LogP contribution in [0.2, 0.25) is 0 Å². The Balaban J connectivity index is 1.43. The molecule has 0 bridgehead atoms. The molecule has 1 aliphatic rings. The molecule has 3 aromatic rings. The zero-order valence-electron chi connectivity index (χ0n) is 15.8. The van der Waals surface area contributed by atoms with Crippen molar-refractivity contribution in [2.45, 2.75) is 44.2 Å². The minimum atomic E-state index is -3.42. The smallest absolute Gasteiger partial charge is 0.240 e. The second-order valence-electron chi connectivity index (χ2n) is 6.99. The van der Waals surface area contributed by atoms with Crippen LogP contribution >= 0.6 is 0 Å². The van der Waals surface area contributed by atoms with E-state index < -0.39 is 10.0 Å². The summed E-state index contributed by atoms with van der Waals surface area (Å²) in [6, 6.07) is 8.92. The summed E-state index contributed by atoms with van der Waals surface area (Å²) in [5, 5.41) is 7.64. The van der Waals surface area contributed by atoms with Gasteiger partial charge in [-0.15, -0.1) is 0 Å². The summed E-state index contributed by atoms with van der Waals surface area (Å²) in [7, 11) is -3.42. The quantitative estimate of drug-likeness (QED) is 0.633. The normalized spacial score (nSPS) is 14.2. The van der Waals surface area contributed by atoms with Crippen molar-refractivity contribution >= 4 is 15.8 Å². The largest absolute Gasteiger partial charge is 0.365 e. The van der Waals surface area contributed by atoms with Gasteiger partial charge in [-0.05, 0) is 50.5 Å². The molecule has 8 nitrogen and oxygen atoms in total. The topological polar surface area (TPSA) is 102 Å². The predicted octanol–water partition coefficient (Wildman–Crippen LogP) is 2.33. The maximum Gasteiger partial charge on any atom is 0.240 e. The highest BCUT2D eigenvalue weighted by molar-refractivity contribution is 7.89. The Morgan fingerprint density at radius 1 is 1.14 bits per heavy atom. The van der Waals surface area contributed by atoms with Crippen LogP contribution in [0, 0.1) is 13.8 Å². The number of benzene rings is 1. The van der Waals surface area contributed by atoms with Crippen LogP contribution in [0.15, 0.2) is 47.6 Å². The molecule has 146 valence electrons. The standard InChI is InChI=1S/C19H22N6O2S/c1-13-9-14(2)25(23-13)19-12-20-11-18(22-19)21-10-15-3-7-17(8-4-15)28(26,27)24-16-5-6-16/h3-4,7-9,11-12,16,24H,5-6,10H2,1-2H3,(H,21,22). The van der Waals surface area contributed by atoms with Gasteiger partial charge in [0.05, 0.1) is 23.0 Å². The molecule has 0 atom stereocenters. The van der Waals surface area contributed by atoms with E-state index in [1.807, 2.05) is 19.9 Å². The number of sulfonamides is 1. The molecule has 28 heavy (non-hydrogen) atoms. The number of nitrogens with one attached hydrogen (secondary N) is 2. The fourth-order valence-corrected chi connectivity index (χ4v) is 4.18. The van der Waals surface area contributed by atoms with Crippen LogP contribution in [0.25, 0.3) is 5.82 Å². The number of hydrogen-bond donors (Lipinski definition) is 2. The zero-order chi connectivity index (χ0) is 19.7. The van der Waals surface area contributed by atoms with E-state index in [0.29, 0.717) is 18.2 Å². The van der Waals surface area contributed by atoms with Crippen molar-refractivity contribution in [3.05, 3.63) is 59.7 Å². The molecule has 9 heteroatoms. The Hall–Kier alpha value is -2.78. The summed E-state index contributed by atoms with van der Waals surface area (Å²) < 4.78 is 28.9. The third-order valence-corrected chi connectivity index (χ3v) is 5.99. The van der Waals surface area contributed by atoms with Gasteiger partial charge in [-0.1, -0.05) is 12.1 Å². The zero-order valence-corrected chi connectivity index (χ0v) is 16.6. The van der Waals surface area contributed by atoms with Gasteiger partial charge in [0.25, 0.3) is 0 Å². The third kappa shape index (κ3) is 4.20. The molecule has 0 radical (unpaired) electrons. The van der Waals surface area contributed by atoms with E-state index in [4.69, 9.17) is 0 Å². The molecule has 0 saturated heterocycles. The van der Waals surface area contributed by atoms with Crippen LogP contribution in [-0.2, 0) is 16.6 Å². The maximum atomic E-state index is 12.2. The Kier molecular flexibility index (Phi) is 4.86. The van der Waals surface area contributed by atoms with Crippen molar-refractivity contribution in [1.82, 2.24) is 24.5 Å². The molecule has 0 amide bonds. The molecular formula is C19H22N6O2S. The molecule has 2 aromatic heterocycles. The van der Waals surface area contributed by atoms with E-state index >= 15 is 0 Å². The lowest BCUT2D eigenvalue weighted by molar-refractivity contribution is 0.581. The molecule has 1 aliphatic carbocycles. The van der Waals surface area contributed by atoms with Crippen LogP contribution in [0.1, 0.15) is 29.8 Å². The molecular weight excluding hydrogens is 376 g/mol. The van der Waals surface area contributed by atoms with Crippen molar-refractivity contribution < 1.29 is 8.42 Å². The first-order chi connectivity index (χ1) is 13.4. The lowest BCUT2D eigenvalue weighted by atomic mass is 10.2.